The van der Waals surface area contributed by atoms with Crippen LogP contribution in [0.4, 0.5) is 0 Å². The lowest BCUT2D eigenvalue weighted by Crippen LogP contribution is -2.61. The van der Waals surface area contributed by atoms with Crippen LogP contribution in [0, 0.1) is 5.92 Å². The molecule has 0 saturated carbocycles. The van der Waals surface area contributed by atoms with Crippen LogP contribution >= 0.6 is 11.8 Å². The molecule has 2 heterocycles. The Morgan fingerprint density at radius 2 is 2.27 bits per heavy atom. The third-order valence-electron chi connectivity index (χ3n) is 3.99. The number of aliphatic hydroxyl groups excluding tert-OH is 1. The topological polar surface area (TPSA) is 102 Å². The van der Waals surface area contributed by atoms with Gasteiger partial charge in [0.05, 0.1) is 23.9 Å². The van der Waals surface area contributed by atoms with Crippen molar-refractivity contribution in [3.8, 4) is 0 Å². The van der Waals surface area contributed by atoms with Gasteiger partial charge in [-0.15, -0.1) is 11.8 Å². The highest BCUT2D eigenvalue weighted by Crippen LogP contribution is 2.46. The van der Waals surface area contributed by atoms with Gasteiger partial charge in [-0.1, -0.05) is 0 Å². The van der Waals surface area contributed by atoms with Crippen LogP contribution in [0.15, 0.2) is 15.6 Å². The van der Waals surface area contributed by atoms with Crippen molar-refractivity contribution in [3.63, 3.8) is 0 Å². The molecule has 2 aliphatic rings. The molecule has 3 N–H and O–H groups in total. The number of amidine groups is 1. The van der Waals surface area contributed by atoms with Crippen LogP contribution in [0.1, 0.15) is 20.3 Å². The molecule has 0 radical (unpaired) electrons. The van der Waals surface area contributed by atoms with Crippen LogP contribution in [0.2, 0.25) is 0 Å². The summed E-state index contributed by atoms with van der Waals surface area (Å²) in [5.41, 5.74) is 0.0813. The molecule has 22 heavy (non-hydrogen) atoms. The van der Waals surface area contributed by atoms with E-state index in [0.29, 0.717) is 23.6 Å². The lowest BCUT2D eigenvalue weighted by Gasteiger charge is -2.44. The van der Waals surface area contributed by atoms with Crippen molar-refractivity contribution in [2.75, 3.05) is 19.3 Å². The first kappa shape index (κ1) is 16.8. The van der Waals surface area contributed by atoms with Crippen LogP contribution in [0.5, 0.6) is 0 Å². The molecular weight excluding hydrogens is 306 g/mol. The fraction of sp³-hybridized carbons (Fsp3) is 0.643. The molecule has 122 valence electrons. The summed E-state index contributed by atoms with van der Waals surface area (Å²) < 4.78 is 0. The summed E-state index contributed by atoms with van der Waals surface area (Å²) in [5, 5.41) is 22.1. The highest BCUT2D eigenvalue weighted by molar-refractivity contribution is 8.03. The van der Waals surface area contributed by atoms with E-state index in [9.17, 15) is 19.8 Å². The molecule has 2 rings (SSSR count). The minimum absolute atomic E-state index is 0.0813. The highest BCUT2D eigenvalue weighted by Gasteiger charge is 2.56. The van der Waals surface area contributed by atoms with Crippen molar-refractivity contribution in [1.29, 1.82) is 0 Å². The molecule has 0 spiro atoms. The van der Waals surface area contributed by atoms with E-state index < -0.39 is 18.0 Å². The standard InChI is InChI=1S/C14H21N3O4S/c1-7(18)11-9-6-10(22-5-4-16-8(2)15-3)12(14(20)21)17(9)13(11)19/h7,9,11,18H,4-6H2,1-3H3,(H,15,16)(H,20,21)/t7-,9-,11-/m1/s1. The number of hydrogen-bond donors (Lipinski definition) is 3. The monoisotopic (exact) mass is 327 g/mol. The van der Waals surface area contributed by atoms with Gasteiger partial charge in [0.15, 0.2) is 0 Å². The van der Waals surface area contributed by atoms with Crippen molar-refractivity contribution < 1.29 is 19.8 Å². The molecule has 0 aromatic carbocycles. The van der Waals surface area contributed by atoms with Gasteiger partial charge in [0.25, 0.3) is 0 Å². The number of nitrogens with one attached hydrogen (secondary N) is 1. The summed E-state index contributed by atoms with van der Waals surface area (Å²) in [6.45, 7) is 4.10. The van der Waals surface area contributed by atoms with E-state index in [1.807, 2.05) is 6.92 Å². The lowest BCUT2D eigenvalue weighted by molar-refractivity contribution is -0.161. The molecule has 1 fully saturated rings. The number of rotatable bonds is 6. The average Bonchev–Trinajstić information content (AvgIpc) is 2.77. The predicted octanol–water partition coefficient (Wildman–Crippen LogP) is 0.265. The van der Waals surface area contributed by atoms with E-state index in [0.717, 1.165) is 5.84 Å². The number of carboxylic acids is 1. The number of fused-ring (bicyclic) bond motifs is 1. The molecule has 1 amide bonds. The van der Waals surface area contributed by atoms with Gasteiger partial charge in [-0.05, 0) is 13.8 Å². The Morgan fingerprint density at radius 1 is 1.59 bits per heavy atom. The van der Waals surface area contributed by atoms with E-state index in [-0.39, 0.29) is 17.6 Å². The molecule has 8 heteroatoms. The fourth-order valence-electron chi connectivity index (χ4n) is 2.84. The quantitative estimate of drug-likeness (QED) is 0.280. The van der Waals surface area contributed by atoms with Crippen LogP contribution in [0.3, 0.4) is 0 Å². The second kappa shape index (κ2) is 6.70. The molecular formula is C14H21N3O4S. The number of amides is 1. The number of carbonyl (C=O) groups is 2. The average molecular weight is 327 g/mol. The third kappa shape index (κ3) is 2.98. The maximum absolute atomic E-state index is 12.0. The zero-order chi connectivity index (χ0) is 16.4. The summed E-state index contributed by atoms with van der Waals surface area (Å²) in [4.78, 5) is 29.5. The Bertz CT molecular complexity index is 544. The summed E-state index contributed by atoms with van der Waals surface area (Å²) >= 11 is 1.44. The number of β-lactam (4-membered cyclic amide) rings is 1. The molecule has 0 bridgehead atoms. The second-order valence-electron chi connectivity index (χ2n) is 5.41. The fourth-order valence-corrected chi connectivity index (χ4v) is 3.91. The highest BCUT2D eigenvalue weighted by atomic mass is 32.2. The summed E-state index contributed by atoms with van der Waals surface area (Å²) in [6, 6.07) is -0.215. The summed E-state index contributed by atoms with van der Waals surface area (Å²) in [7, 11) is 1.70. The Morgan fingerprint density at radius 3 is 2.82 bits per heavy atom. The lowest BCUT2D eigenvalue weighted by atomic mass is 9.83. The van der Waals surface area contributed by atoms with E-state index in [1.165, 1.54) is 16.7 Å². The summed E-state index contributed by atoms with van der Waals surface area (Å²) in [6.07, 6.45) is -0.243. The maximum Gasteiger partial charge on any atom is 0.353 e. The normalized spacial score (nSPS) is 25.9. The molecule has 1 saturated heterocycles. The maximum atomic E-state index is 12.0. The molecule has 0 aromatic rings. The minimum Gasteiger partial charge on any atom is -0.477 e. The molecule has 3 atom stereocenters. The van der Waals surface area contributed by atoms with E-state index >= 15 is 0 Å². The Labute approximate surface area is 133 Å². The van der Waals surface area contributed by atoms with Gasteiger partial charge in [0.1, 0.15) is 5.70 Å². The molecule has 0 aromatic heterocycles. The minimum atomic E-state index is -1.08. The van der Waals surface area contributed by atoms with Crippen LogP contribution < -0.4 is 5.32 Å². The van der Waals surface area contributed by atoms with Gasteiger partial charge < -0.3 is 20.4 Å². The number of hydrogen-bond acceptors (Lipinski definition) is 5. The smallest absolute Gasteiger partial charge is 0.353 e. The zero-order valence-electron chi connectivity index (χ0n) is 12.9. The van der Waals surface area contributed by atoms with E-state index in [4.69, 9.17) is 0 Å². The largest absolute Gasteiger partial charge is 0.477 e. The molecule has 2 aliphatic heterocycles. The van der Waals surface area contributed by atoms with Crippen molar-refractivity contribution in [3.05, 3.63) is 10.6 Å². The van der Waals surface area contributed by atoms with E-state index in [2.05, 4.69) is 10.3 Å². The zero-order valence-corrected chi connectivity index (χ0v) is 13.7. The number of thioether (sulfide) groups is 1. The van der Waals surface area contributed by atoms with Crippen molar-refractivity contribution in [1.82, 2.24) is 10.2 Å². The first-order valence-corrected chi connectivity index (χ1v) is 8.14. The number of carboxylic acid groups (broad SMARTS) is 1. The van der Waals surface area contributed by atoms with Crippen LogP contribution in [0.25, 0.3) is 0 Å². The number of nitrogens with zero attached hydrogens (tertiary/aromatic N) is 2. The first-order chi connectivity index (χ1) is 10.4. The molecule has 7 nitrogen and oxygen atoms in total. The number of aliphatic imine (C=N–C) groups is 1. The summed E-state index contributed by atoms with van der Waals surface area (Å²) in [5.74, 6) is -0.345. The number of aliphatic carboxylic acids is 1. The van der Waals surface area contributed by atoms with Gasteiger partial charge in [-0.3, -0.25) is 9.79 Å². The molecule has 0 aliphatic carbocycles. The van der Waals surface area contributed by atoms with Gasteiger partial charge in [0.2, 0.25) is 5.91 Å². The Balaban J connectivity index is 2.01. The van der Waals surface area contributed by atoms with Crippen molar-refractivity contribution in [2.45, 2.75) is 32.4 Å². The van der Waals surface area contributed by atoms with Gasteiger partial charge in [-0.2, -0.15) is 0 Å². The Hall–Kier alpha value is -1.54. The van der Waals surface area contributed by atoms with E-state index in [1.54, 1.807) is 14.0 Å². The van der Waals surface area contributed by atoms with Gasteiger partial charge in [0, 0.05) is 30.7 Å². The SMILES string of the molecule is CN=C(C)NCCSC1=C(C(=O)O)N2C(=O)[C@H]([C@@H](C)O)[C@H]2C1. The second-order valence-corrected chi connectivity index (χ2v) is 6.60. The third-order valence-corrected chi connectivity index (χ3v) is 5.10. The van der Waals surface area contributed by atoms with Crippen molar-refractivity contribution in [2.24, 2.45) is 10.9 Å². The first-order valence-electron chi connectivity index (χ1n) is 7.16. The molecule has 0 unspecified atom stereocenters. The van der Waals surface area contributed by atoms with Crippen LogP contribution in [-0.4, -0.2) is 64.3 Å². The van der Waals surface area contributed by atoms with Crippen LogP contribution in [-0.2, 0) is 9.59 Å². The van der Waals surface area contributed by atoms with Crippen molar-refractivity contribution >= 4 is 29.5 Å². The Kier molecular flexibility index (Phi) is 5.12. The number of aliphatic hydroxyl groups is 1. The van der Waals surface area contributed by atoms with Gasteiger partial charge in [-0.25, -0.2) is 4.79 Å². The predicted molar refractivity (Wildman–Crippen MR) is 84.6 cm³/mol. The van der Waals surface area contributed by atoms with Gasteiger partial charge >= 0.3 is 5.97 Å². The number of carbonyl (C=O) groups excluding carboxylic acids is 1.